The summed E-state index contributed by atoms with van der Waals surface area (Å²) in [6.07, 6.45) is 0.983. The zero-order valence-electron chi connectivity index (χ0n) is 9.29. The summed E-state index contributed by atoms with van der Waals surface area (Å²) in [6.45, 7) is 7.12. The fourth-order valence-electron chi connectivity index (χ4n) is 1.08. The summed E-state index contributed by atoms with van der Waals surface area (Å²) in [6, 6.07) is 4.27. The van der Waals surface area contributed by atoms with Crippen LogP contribution >= 0.6 is 33.9 Å². The van der Waals surface area contributed by atoms with Crippen LogP contribution in [0.3, 0.4) is 0 Å². The molecule has 1 aromatic rings. The van der Waals surface area contributed by atoms with E-state index in [1.54, 1.807) is 0 Å². The molecule has 1 aromatic heterocycles. The molecule has 0 amide bonds. The smallest absolute Gasteiger partial charge is 0.188 e. The maximum Gasteiger partial charge on any atom is 0.188 e. The fraction of sp³-hybridized carbons (Fsp3) is 0.364. The summed E-state index contributed by atoms with van der Waals surface area (Å²) >= 11 is 4.14. The minimum absolute atomic E-state index is 0.495. The van der Waals surface area contributed by atoms with E-state index in [2.05, 4.69) is 51.6 Å². The number of nitrogens with zero attached hydrogens (tertiary/aromatic N) is 1. The highest BCUT2D eigenvalue weighted by Gasteiger charge is 1.97. The average molecular weight is 349 g/mol. The third-order valence-electron chi connectivity index (χ3n) is 1.83. The quantitative estimate of drug-likeness (QED) is 0.371. The number of halogens is 1. The van der Waals surface area contributed by atoms with E-state index in [-0.39, 0.29) is 0 Å². The van der Waals surface area contributed by atoms with Crippen LogP contribution < -0.4 is 11.1 Å². The highest BCUT2D eigenvalue weighted by molar-refractivity contribution is 14.1. The predicted molar refractivity (Wildman–Crippen MR) is 80.0 cm³/mol. The van der Waals surface area contributed by atoms with Gasteiger partial charge in [0, 0.05) is 11.4 Å². The van der Waals surface area contributed by atoms with E-state index in [9.17, 15) is 0 Å². The van der Waals surface area contributed by atoms with Gasteiger partial charge in [-0.15, -0.1) is 11.3 Å². The van der Waals surface area contributed by atoms with E-state index < -0.39 is 0 Å². The zero-order chi connectivity index (χ0) is 12.0. The highest BCUT2D eigenvalue weighted by atomic mass is 127. The van der Waals surface area contributed by atoms with Crippen LogP contribution in [0.2, 0.25) is 0 Å². The summed E-state index contributed by atoms with van der Waals surface area (Å²) in [5.74, 6) is 0.495. The maximum absolute atomic E-state index is 5.69. The number of hydrogen-bond acceptors (Lipinski definition) is 2. The van der Waals surface area contributed by atoms with Gasteiger partial charge >= 0.3 is 0 Å². The standard InChI is InChI=1S/C11H16IN3S/c1-8(2)7-15-11(13)14-6-5-9-3-4-10(12)16-9/h3-4H,1,5-7H2,2H3,(H3,13,14,15). The predicted octanol–water partition coefficient (Wildman–Crippen LogP) is 2.38. The number of rotatable bonds is 5. The van der Waals surface area contributed by atoms with E-state index in [0.29, 0.717) is 12.5 Å². The average Bonchev–Trinajstić information content (AvgIpc) is 2.61. The van der Waals surface area contributed by atoms with Crippen molar-refractivity contribution < 1.29 is 0 Å². The van der Waals surface area contributed by atoms with Crippen LogP contribution in [0.25, 0.3) is 0 Å². The lowest BCUT2D eigenvalue weighted by molar-refractivity contribution is 0.862. The lowest BCUT2D eigenvalue weighted by atomic mass is 10.3. The van der Waals surface area contributed by atoms with Crippen LogP contribution in [0.15, 0.2) is 29.3 Å². The van der Waals surface area contributed by atoms with Crippen molar-refractivity contribution in [3.8, 4) is 0 Å². The van der Waals surface area contributed by atoms with Crippen molar-refractivity contribution in [1.29, 1.82) is 0 Å². The Labute approximate surface area is 114 Å². The molecule has 3 N–H and O–H groups in total. The molecule has 0 atom stereocenters. The van der Waals surface area contributed by atoms with Gasteiger partial charge < -0.3 is 11.1 Å². The lowest BCUT2D eigenvalue weighted by Crippen LogP contribution is -2.33. The lowest BCUT2D eigenvalue weighted by Gasteiger charge is -2.04. The third kappa shape index (κ3) is 5.50. The Morgan fingerprint density at radius 2 is 2.38 bits per heavy atom. The molecule has 0 radical (unpaired) electrons. The highest BCUT2D eigenvalue weighted by Crippen LogP contribution is 2.18. The van der Waals surface area contributed by atoms with Crippen molar-refractivity contribution in [1.82, 2.24) is 5.32 Å². The van der Waals surface area contributed by atoms with Gasteiger partial charge in [0.2, 0.25) is 0 Å². The van der Waals surface area contributed by atoms with Gasteiger partial charge in [-0.05, 0) is 48.1 Å². The molecule has 0 unspecified atom stereocenters. The molecule has 16 heavy (non-hydrogen) atoms. The number of nitrogens with one attached hydrogen (secondary N) is 1. The van der Waals surface area contributed by atoms with Gasteiger partial charge in [-0.3, -0.25) is 0 Å². The van der Waals surface area contributed by atoms with Crippen molar-refractivity contribution >= 4 is 39.9 Å². The second kappa shape index (κ2) is 6.90. The Kier molecular flexibility index (Phi) is 5.83. The van der Waals surface area contributed by atoms with Crippen LogP contribution in [-0.2, 0) is 6.42 Å². The van der Waals surface area contributed by atoms with Gasteiger partial charge in [-0.25, -0.2) is 4.99 Å². The van der Waals surface area contributed by atoms with Gasteiger partial charge in [0.05, 0.1) is 9.43 Å². The number of hydrogen-bond donors (Lipinski definition) is 2. The molecule has 0 saturated carbocycles. The summed E-state index contributed by atoms with van der Waals surface area (Å²) in [5.41, 5.74) is 6.70. The molecular formula is C11H16IN3S. The molecule has 0 spiro atoms. The summed E-state index contributed by atoms with van der Waals surface area (Å²) < 4.78 is 1.32. The largest absolute Gasteiger partial charge is 0.370 e. The van der Waals surface area contributed by atoms with E-state index in [0.717, 1.165) is 18.5 Å². The maximum atomic E-state index is 5.69. The van der Waals surface area contributed by atoms with Gasteiger partial charge in [0.1, 0.15) is 0 Å². The molecule has 0 fully saturated rings. The second-order valence-electron chi connectivity index (χ2n) is 3.54. The van der Waals surface area contributed by atoms with Gasteiger partial charge in [-0.1, -0.05) is 12.2 Å². The molecule has 0 saturated heterocycles. The minimum atomic E-state index is 0.495. The number of aliphatic imine (C=N–C) groups is 1. The Balaban J connectivity index is 2.25. The molecular weight excluding hydrogens is 333 g/mol. The Hall–Kier alpha value is -0.560. The minimum Gasteiger partial charge on any atom is -0.370 e. The molecule has 88 valence electrons. The normalized spacial score (nSPS) is 11.5. The van der Waals surface area contributed by atoms with Crippen molar-refractivity contribution in [3.05, 3.63) is 32.0 Å². The first-order valence-electron chi connectivity index (χ1n) is 5.00. The van der Waals surface area contributed by atoms with Crippen LogP contribution in [0, 0.1) is 2.88 Å². The topological polar surface area (TPSA) is 50.4 Å². The SMILES string of the molecule is C=C(C)CN=C(N)NCCc1ccc(I)s1. The monoisotopic (exact) mass is 349 g/mol. The van der Waals surface area contributed by atoms with Gasteiger partial charge in [-0.2, -0.15) is 0 Å². The summed E-state index contributed by atoms with van der Waals surface area (Å²) in [7, 11) is 0. The first-order valence-corrected chi connectivity index (χ1v) is 6.90. The first kappa shape index (κ1) is 13.5. The molecule has 0 aliphatic heterocycles. The Morgan fingerprint density at radius 3 is 2.94 bits per heavy atom. The zero-order valence-corrected chi connectivity index (χ0v) is 12.3. The Bertz CT molecular complexity index is 384. The summed E-state index contributed by atoms with van der Waals surface area (Å²) in [5, 5.41) is 3.09. The Morgan fingerprint density at radius 1 is 1.62 bits per heavy atom. The molecule has 1 heterocycles. The van der Waals surface area contributed by atoms with Crippen molar-refractivity contribution in [3.63, 3.8) is 0 Å². The van der Waals surface area contributed by atoms with E-state index >= 15 is 0 Å². The van der Waals surface area contributed by atoms with Crippen molar-refractivity contribution in [2.45, 2.75) is 13.3 Å². The van der Waals surface area contributed by atoms with E-state index in [1.807, 2.05) is 18.3 Å². The fourth-order valence-corrected chi connectivity index (χ4v) is 2.83. The van der Waals surface area contributed by atoms with Gasteiger partial charge in [0.15, 0.2) is 5.96 Å². The molecule has 0 aliphatic rings. The summed E-state index contributed by atoms with van der Waals surface area (Å²) in [4.78, 5) is 5.51. The van der Waals surface area contributed by atoms with Crippen LogP contribution in [0.4, 0.5) is 0 Å². The molecule has 5 heteroatoms. The van der Waals surface area contributed by atoms with Crippen LogP contribution in [0.1, 0.15) is 11.8 Å². The molecule has 0 aromatic carbocycles. The molecule has 0 aliphatic carbocycles. The first-order chi connectivity index (χ1) is 7.58. The second-order valence-corrected chi connectivity index (χ2v) is 6.60. The molecule has 1 rings (SSSR count). The molecule has 3 nitrogen and oxygen atoms in total. The van der Waals surface area contributed by atoms with Gasteiger partial charge in [0.25, 0.3) is 0 Å². The van der Waals surface area contributed by atoms with E-state index in [4.69, 9.17) is 5.73 Å². The number of nitrogens with two attached hydrogens (primary N) is 1. The number of guanidine groups is 1. The van der Waals surface area contributed by atoms with Crippen molar-refractivity contribution in [2.75, 3.05) is 13.1 Å². The molecule has 0 bridgehead atoms. The van der Waals surface area contributed by atoms with Crippen molar-refractivity contribution in [2.24, 2.45) is 10.7 Å². The van der Waals surface area contributed by atoms with E-state index in [1.165, 1.54) is 7.76 Å². The number of thiophene rings is 1. The van der Waals surface area contributed by atoms with Crippen LogP contribution in [0.5, 0.6) is 0 Å². The van der Waals surface area contributed by atoms with Crippen LogP contribution in [-0.4, -0.2) is 19.0 Å². The third-order valence-corrected chi connectivity index (χ3v) is 3.78.